The van der Waals surface area contributed by atoms with Gasteiger partial charge in [-0.25, -0.2) is 9.45 Å². The standard InChI is InChI=1S/C33H69O5P/c1-2-3-4-5-6-7-8-9-10-11-12-13-14-15-16-17-18-19-20-21-22-23-24-25-26-27-28-29-30-31-32-33-37-38-39(34,35)36/h2-33H2,1H3,(H2,34,35,36). The van der Waals surface area contributed by atoms with Gasteiger partial charge < -0.3 is 9.79 Å². The Morgan fingerprint density at radius 3 is 0.795 bits per heavy atom. The highest BCUT2D eigenvalue weighted by Crippen LogP contribution is 2.35. The van der Waals surface area contributed by atoms with Gasteiger partial charge in [-0.2, -0.15) is 0 Å². The fourth-order valence-electron chi connectivity index (χ4n) is 5.47. The molecule has 5 nitrogen and oxygen atoms in total. The molecule has 2 N–H and O–H groups in total. The van der Waals surface area contributed by atoms with Gasteiger partial charge in [0, 0.05) is 0 Å². The first-order valence-electron chi connectivity index (χ1n) is 17.4. The SMILES string of the molecule is CCCCCCCCCCCCCCCCCCCCCCCCCCCCCCCCCOOP(=O)(O)O. The van der Waals surface area contributed by atoms with E-state index in [-0.39, 0.29) is 6.61 Å². The van der Waals surface area contributed by atoms with Crippen molar-refractivity contribution in [2.24, 2.45) is 0 Å². The number of hydrogen-bond acceptors (Lipinski definition) is 3. The van der Waals surface area contributed by atoms with Crippen LogP contribution in [0.25, 0.3) is 0 Å². The molecule has 0 heterocycles. The molecule has 0 fully saturated rings. The topological polar surface area (TPSA) is 76.0 Å². The van der Waals surface area contributed by atoms with Crippen molar-refractivity contribution in [2.45, 2.75) is 206 Å². The van der Waals surface area contributed by atoms with E-state index in [0.717, 1.165) is 19.3 Å². The summed E-state index contributed by atoms with van der Waals surface area (Å²) in [7, 11) is -4.49. The molecule has 0 rings (SSSR count). The van der Waals surface area contributed by atoms with Gasteiger partial charge in [-0.05, 0) is 6.42 Å². The molecule has 0 bridgehead atoms. The average Bonchev–Trinajstić information content (AvgIpc) is 2.90. The molecule has 0 aliphatic rings. The zero-order chi connectivity index (χ0) is 28.5. The maximum Gasteiger partial charge on any atom is 0.496 e. The Kier molecular flexibility index (Phi) is 32.6. The van der Waals surface area contributed by atoms with Crippen molar-refractivity contribution in [1.82, 2.24) is 0 Å². The lowest BCUT2D eigenvalue weighted by Gasteiger charge is -2.05. The Morgan fingerprint density at radius 1 is 0.385 bits per heavy atom. The normalized spacial score (nSPS) is 12.0. The minimum absolute atomic E-state index is 0.241. The summed E-state index contributed by atoms with van der Waals surface area (Å²) in [6, 6.07) is 0. The minimum Gasteiger partial charge on any atom is -0.301 e. The fraction of sp³-hybridized carbons (Fsp3) is 1.00. The van der Waals surface area contributed by atoms with E-state index in [9.17, 15) is 4.57 Å². The van der Waals surface area contributed by atoms with Crippen LogP contribution in [0, 0.1) is 0 Å². The highest BCUT2D eigenvalue weighted by Gasteiger charge is 2.14. The Hall–Kier alpha value is 0.0700. The van der Waals surface area contributed by atoms with E-state index in [1.165, 1.54) is 180 Å². The largest absolute Gasteiger partial charge is 0.496 e. The van der Waals surface area contributed by atoms with Crippen molar-refractivity contribution in [1.29, 1.82) is 0 Å². The fourth-order valence-corrected chi connectivity index (χ4v) is 5.68. The maximum atomic E-state index is 10.4. The van der Waals surface area contributed by atoms with Crippen LogP contribution in [-0.4, -0.2) is 16.4 Å². The van der Waals surface area contributed by atoms with E-state index in [2.05, 4.69) is 16.5 Å². The second kappa shape index (κ2) is 32.6. The smallest absolute Gasteiger partial charge is 0.301 e. The highest BCUT2D eigenvalue weighted by molar-refractivity contribution is 7.46. The molecule has 0 saturated carbocycles. The molecular formula is C33H69O5P. The minimum atomic E-state index is -4.49. The predicted octanol–water partition coefficient (Wildman–Crippen LogP) is 12.1. The summed E-state index contributed by atoms with van der Waals surface area (Å²) in [5.41, 5.74) is 0. The number of hydrogen-bond donors (Lipinski definition) is 2. The van der Waals surface area contributed by atoms with E-state index < -0.39 is 7.82 Å². The molecule has 0 atom stereocenters. The third kappa shape index (κ3) is 38.1. The van der Waals surface area contributed by atoms with Crippen LogP contribution in [0.15, 0.2) is 0 Å². The summed E-state index contributed by atoms with van der Waals surface area (Å²) < 4.78 is 14.4. The molecule has 0 aromatic carbocycles. The van der Waals surface area contributed by atoms with Crippen LogP contribution >= 0.6 is 7.82 Å². The first kappa shape index (κ1) is 39.1. The van der Waals surface area contributed by atoms with Gasteiger partial charge in [0.1, 0.15) is 0 Å². The lowest BCUT2D eigenvalue weighted by atomic mass is 10.0. The zero-order valence-electron chi connectivity index (χ0n) is 26.2. The lowest BCUT2D eigenvalue weighted by molar-refractivity contribution is -0.222. The Labute approximate surface area is 244 Å². The van der Waals surface area contributed by atoms with E-state index in [1.54, 1.807) is 0 Å². The van der Waals surface area contributed by atoms with Gasteiger partial charge in [0.25, 0.3) is 0 Å². The van der Waals surface area contributed by atoms with Gasteiger partial charge in [-0.15, -0.1) is 4.67 Å². The quantitative estimate of drug-likeness (QED) is 0.0345. The molecule has 0 radical (unpaired) electrons. The number of unbranched alkanes of at least 4 members (excludes halogenated alkanes) is 30. The van der Waals surface area contributed by atoms with Crippen LogP contribution in [0.3, 0.4) is 0 Å². The molecule has 6 heteroatoms. The van der Waals surface area contributed by atoms with Crippen LogP contribution in [0.5, 0.6) is 0 Å². The second-order valence-corrected chi connectivity index (χ2v) is 13.1. The predicted molar refractivity (Wildman–Crippen MR) is 168 cm³/mol. The van der Waals surface area contributed by atoms with Crippen molar-refractivity contribution < 1.29 is 23.9 Å². The molecule has 39 heavy (non-hydrogen) atoms. The molecule has 0 aromatic rings. The molecule has 236 valence electrons. The van der Waals surface area contributed by atoms with Gasteiger partial charge in [0.2, 0.25) is 0 Å². The van der Waals surface area contributed by atoms with Gasteiger partial charge in [0.15, 0.2) is 0 Å². The second-order valence-electron chi connectivity index (χ2n) is 12.0. The monoisotopic (exact) mass is 576 g/mol. The third-order valence-electron chi connectivity index (χ3n) is 7.98. The van der Waals surface area contributed by atoms with E-state index in [4.69, 9.17) is 9.79 Å². The summed E-state index contributed by atoms with van der Waals surface area (Å²) in [4.78, 5) is 21.5. The van der Waals surface area contributed by atoms with Crippen LogP contribution in [0.4, 0.5) is 0 Å². The highest BCUT2D eigenvalue weighted by atomic mass is 31.2. The molecule has 0 aliphatic heterocycles. The summed E-state index contributed by atoms with van der Waals surface area (Å²) in [5.74, 6) is 0. The van der Waals surface area contributed by atoms with Crippen molar-refractivity contribution in [2.75, 3.05) is 6.61 Å². The van der Waals surface area contributed by atoms with Crippen molar-refractivity contribution in [3.05, 3.63) is 0 Å². The molecular weight excluding hydrogens is 507 g/mol. The summed E-state index contributed by atoms with van der Waals surface area (Å²) in [6.45, 7) is 2.54. The Balaban J connectivity index is 3.04. The summed E-state index contributed by atoms with van der Waals surface area (Å²) in [5, 5.41) is 0. The number of phosphoric acid groups is 1. The summed E-state index contributed by atoms with van der Waals surface area (Å²) >= 11 is 0. The Bertz CT molecular complexity index is 496. The van der Waals surface area contributed by atoms with Crippen molar-refractivity contribution >= 4 is 7.82 Å². The molecule has 0 aliphatic carbocycles. The van der Waals surface area contributed by atoms with Crippen molar-refractivity contribution in [3.63, 3.8) is 0 Å². The van der Waals surface area contributed by atoms with Crippen LogP contribution in [0.2, 0.25) is 0 Å². The lowest BCUT2D eigenvalue weighted by Crippen LogP contribution is -1.95. The van der Waals surface area contributed by atoms with E-state index in [0.29, 0.717) is 0 Å². The van der Waals surface area contributed by atoms with Gasteiger partial charge in [-0.3, -0.25) is 0 Å². The van der Waals surface area contributed by atoms with Gasteiger partial charge in [0.05, 0.1) is 6.61 Å². The molecule has 0 aromatic heterocycles. The van der Waals surface area contributed by atoms with Gasteiger partial charge in [-0.1, -0.05) is 200 Å². The van der Waals surface area contributed by atoms with Crippen LogP contribution in [0.1, 0.15) is 206 Å². The first-order chi connectivity index (χ1) is 19.1. The number of rotatable bonds is 34. The molecule has 0 saturated heterocycles. The van der Waals surface area contributed by atoms with Crippen molar-refractivity contribution in [3.8, 4) is 0 Å². The van der Waals surface area contributed by atoms with Gasteiger partial charge >= 0.3 is 7.82 Å². The molecule has 0 spiro atoms. The third-order valence-corrected chi connectivity index (χ3v) is 8.28. The Morgan fingerprint density at radius 2 is 0.590 bits per heavy atom. The maximum absolute atomic E-state index is 10.4. The van der Waals surface area contributed by atoms with E-state index >= 15 is 0 Å². The van der Waals surface area contributed by atoms with Crippen LogP contribution < -0.4 is 0 Å². The molecule has 0 unspecified atom stereocenters. The average molecular weight is 577 g/mol. The van der Waals surface area contributed by atoms with Crippen LogP contribution in [-0.2, 0) is 14.1 Å². The first-order valence-corrected chi connectivity index (χ1v) is 19.0. The zero-order valence-corrected chi connectivity index (χ0v) is 27.1. The molecule has 0 amide bonds. The summed E-state index contributed by atoms with van der Waals surface area (Å²) in [6.07, 6.45) is 42.9. The van der Waals surface area contributed by atoms with E-state index in [1.807, 2.05) is 0 Å².